The summed E-state index contributed by atoms with van der Waals surface area (Å²) in [4.78, 5) is 10.3. The lowest BCUT2D eigenvalue weighted by Gasteiger charge is -1.96. The number of rotatable bonds is 3. The molecule has 0 aliphatic rings. The maximum absolute atomic E-state index is 10.8. The first-order valence-electron chi connectivity index (χ1n) is 4.26. The van der Waals surface area contributed by atoms with Gasteiger partial charge in [0, 0.05) is 6.07 Å². The molecule has 0 amide bonds. The van der Waals surface area contributed by atoms with Crippen molar-refractivity contribution in [1.29, 1.82) is 0 Å². The molecule has 90 valence electrons. The van der Waals surface area contributed by atoms with E-state index in [1.165, 1.54) is 6.07 Å². The zero-order chi connectivity index (χ0) is 11.5. The number of nitro benzene ring substituents is 1. The summed E-state index contributed by atoms with van der Waals surface area (Å²) in [6, 6.07) is 6.36. The van der Waals surface area contributed by atoms with Gasteiger partial charge in [0.25, 0.3) is 5.69 Å². The number of nitrogens with zero attached hydrogens (tertiary/aromatic N) is 3. The number of hydrazine groups is 1. The third kappa shape index (κ3) is 2.67. The van der Waals surface area contributed by atoms with Crippen molar-refractivity contribution in [3.8, 4) is 10.6 Å². The van der Waals surface area contributed by atoms with Crippen LogP contribution in [0.4, 0.5) is 10.8 Å². The molecule has 2 rings (SSSR count). The Bertz CT molecular complexity index is 532. The van der Waals surface area contributed by atoms with Gasteiger partial charge < -0.3 is 0 Å². The molecule has 0 spiro atoms. The summed E-state index contributed by atoms with van der Waals surface area (Å²) in [6.07, 6.45) is 0. The number of benzene rings is 1. The number of hydrogen-bond donors (Lipinski definition) is 2. The van der Waals surface area contributed by atoms with E-state index in [9.17, 15) is 10.1 Å². The van der Waals surface area contributed by atoms with Crippen LogP contribution in [0.2, 0.25) is 0 Å². The molecule has 0 saturated heterocycles. The fourth-order valence-electron chi connectivity index (χ4n) is 1.20. The molecule has 0 unspecified atom stereocenters. The Balaban J connectivity index is 0.00000144. The van der Waals surface area contributed by atoms with Gasteiger partial charge >= 0.3 is 0 Å². The van der Waals surface area contributed by atoms with Gasteiger partial charge in [-0.1, -0.05) is 23.5 Å². The molecule has 2 aromatic rings. The molecule has 1 aromatic heterocycles. The Hall–Kier alpha value is -1.77. The zero-order valence-corrected chi connectivity index (χ0v) is 9.99. The van der Waals surface area contributed by atoms with Crippen LogP contribution < -0.4 is 11.3 Å². The van der Waals surface area contributed by atoms with Crippen molar-refractivity contribution >= 4 is 34.6 Å². The van der Waals surface area contributed by atoms with Crippen LogP contribution in [-0.2, 0) is 0 Å². The lowest BCUT2D eigenvalue weighted by molar-refractivity contribution is -0.384. The minimum Gasteiger partial charge on any atom is -0.298 e. The van der Waals surface area contributed by atoms with Crippen molar-refractivity contribution in [1.82, 2.24) is 10.2 Å². The van der Waals surface area contributed by atoms with Gasteiger partial charge in [0.05, 0.1) is 10.5 Å². The summed E-state index contributed by atoms with van der Waals surface area (Å²) in [7, 11) is 0. The van der Waals surface area contributed by atoms with Crippen LogP contribution in [-0.4, -0.2) is 15.1 Å². The second kappa shape index (κ2) is 5.53. The van der Waals surface area contributed by atoms with Crippen molar-refractivity contribution in [2.75, 3.05) is 5.43 Å². The van der Waals surface area contributed by atoms with Crippen LogP contribution in [0.1, 0.15) is 0 Å². The maximum atomic E-state index is 10.8. The van der Waals surface area contributed by atoms with Crippen molar-refractivity contribution < 1.29 is 4.92 Å². The molecule has 3 N–H and O–H groups in total. The first kappa shape index (κ1) is 13.3. The number of nitro groups is 1. The van der Waals surface area contributed by atoms with Crippen molar-refractivity contribution in [2.24, 2.45) is 5.84 Å². The SMILES string of the molecule is Cl.NNc1nnc(-c2ccccc2[N+](=O)[O-])s1. The summed E-state index contributed by atoms with van der Waals surface area (Å²) in [5.41, 5.74) is 2.78. The summed E-state index contributed by atoms with van der Waals surface area (Å²) in [6.45, 7) is 0. The highest BCUT2D eigenvalue weighted by Crippen LogP contribution is 2.32. The molecule has 7 nitrogen and oxygen atoms in total. The third-order valence-corrected chi connectivity index (χ3v) is 2.77. The van der Waals surface area contributed by atoms with E-state index in [1.54, 1.807) is 18.2 Å². The van der Waals surface area contributed by atoms with Gasteiger partial charge in [0.15, 0.2) is 5.01 Å². The molecule has 0 radical (unpaired) electrons. The molecule has 0 aliphatic heterocycles. The number of nitrogens with one attached hydrogen (secondary N) is 1. The van der Waals surface area contributed by atoms with Crippen LogP contribution in [0.25, 0.3) is 10.6 Å². The molecular weight excluding hydrogens is 266 g/mol. The summed E-state index contributed by atoms with van der Waals surface area (Å²) < 4.78 is 0. The fourth-order valence-corrected chi connectivity index (χ4v) is 1.89. The molecule has 17 heavy (non-hydrogen) atoms. The Labute approximate surface area is 106 Å². The number of halogens is 1. The average Bonchev–Trinajstić information content (AvgIpc) is 2.77. The molecule has 0 atom stereocenters. The Kier molecular flexibility index (Phi) is 4.32. The van der Waals surface area contributed by atoms with Gasteiger partial charge in [0.1, 0.15) is 0 Å². The van der Waals surface area contributed by atoms with E-state index in [1.807, 2.05) is 0 Å². The zero-order valence-electron chi connectivity index (χ0n) is 8.36. The Morgan fingerprint density at radius 2 is 2.06 bits per heavy atom. The van der Waals surface area contributed by atoms with Gasteiger partial charge in [0.2, 0.25) is 5.13 Å². The van der Waals surface area contributed by atoms with E-state index in [0.29, 0.717) is 15.7 Å². The van der Waals surface area contributed by atoms with Gasteiger partial charge in [-0.3, -0.25) is 15.5 Å². The minimum absolute atomic E-state index is 0. The number of nitrogens with two attached hydrogens (primary N) is 1. The first-order chi connectivity index (χ1) is 7.72. The fraction of sp³-hybridized carbons (Fsp3) is 0. The van der Waals surface area contributed by atoms with Crippen molar-refractivity contribution in [3.63, 3.8) is 0 Å². The standard InChI is InChI=1S/C8H7N5O2S.ClH/c9-10-8-12-11-7(16-8)5-3-1-2-4-6(5)13(14)15;/h1-4H,9H2,(H,10,12);1H. The highest BCUT2D eigenvalue weighted by atomic mass is 35.5. The van der Waals surface area contributed by atoms with Crippen LogP contribution in [0, 0.1) is 10.1 Å². The Morgan fingerprint density at radius 3 is 2.65 bits per heavy atom. The molecule has 0 fully saturated rings. The topological polar surface area (TPSA) is 107 Å². The molecule has 0 saturated carbocycles. The monoisotopic (exact) mass is 273 g/mol. The van der Waals surface area contributed by atoms with Crippen LogP contribution in [0.15, 0.2) is 24.3 Å². The molecular formula is C8H8ClN5O2S. The Morgan fingerprint density at radius 1 is 1.35 bits per heavy atom. The summed E-state index contributed by atoms with van der Waals surface area (Å²) >= 11 is 1.15. The predicted octanol–water partition coefficient (Wildman–Crippen LogP) is 1.82. The second-order valence-electron chi connectivity index (χ2n) is 2.83. The largest absolute Gasteiger partial charge is 0.298 e. The molecule has 0 bridgehead atoms. The normalized spacial score (nSPS) is 9.47. The van der Waals surface area contributed by atoms with Crippen LogP contribution >= 0.6 is 23.7 Å². The highest BCUT2D eigenvalue weighted by Gasteiger charge is 2.17. The second-order valence-corrected chi connectivity index (χ2v) is 3.81. The smallest absolute Gasteiger partial charge is 0.279 e. The van der Waals surface area contributed by atoms with E-state index in [-0.39, 0.29) is 18.1 Å². The lowest BCUT2D eigenvalue weighted by atomic mass is 10.2. The lowest BCUT2D eigenvalue weighted by Crippen LogP contribution is -2.05. The summed E-state index contributed by atoms with van der Waals surface area (Å²) in [5.74, 6) is 5.16. The third-order valence-electron chi connectivity index (χ3n) is 1.88. The number of hydrogen-bond acceptors (Lipinski definition) is 7. The van der Waals surface area contributed by atoms with E-state index in [4.69, 9.17) is 5.84 Å². The molecule has 1 heterocycles. The van der Waals surface area contributed by atoms with Crippen LogP contribution in [0.3, 0.4) is 0 Å². The van der Waals surface area contributed by atoms with Gasteiger partial charge in [-0.2, -0.15) is 0 Å². The predicted molar refractivity (Wildman–Crippen MR) is 67.1 cm³/mol. The first-order valence-corrected chi connectivity index (χ1v) is 5.08. The van der Waals surface area contributed by atoms with E-state index in [2.05, 4.69) is 15.6 Å². The quantitative estimate of drug-likeness (QED) is 0.502. The van der Waals surface area contributed by atoms with Crippen LogP contribution in [0.5, 0.6) is 0 Å². The molecule has 1 aromatic carbocycles. The average molecular weight is 274 g/mol. The highest BCUT2D eigenvalue weighted by molar-refractivity contribution is 7.18. The number of para-hydroxylation sites is 1. The number of aromatic nitrogens is 2. The molecule has 0 aliphatic carbocycles. The van der Waals surface area contributed by atoms with Gasteiger partial charge in [-0.15, -0.1) is 22.6 Å². The van der Waals surface area contributed by atoms with E-state index < -0.39 is 4.92 Å². The number of nitrogen functional groups attached to an aromatic ring is 1. The van der Waals surface area contributed by atoms with E-state index >= 15 is 0 Å². The maximum Gasteiger partial charge on any atom is 0.279 e. The van der Waals surface area contributed by atoms with Gasteiger partial charge in [-0.05, 0) is 6.07 Å². The van der Waals surface area contributed by atoms with Crippen molar-refractivity contribution in [2.45, 2.75) is 0 Å². The minimum atomic E-state index is -0.452. The summed E-state index contributed by atoms with van der Waals surface area (Å²) in [5, 5.41) is 19.2. The van der Waals surface area contributed by atoms with E-state index in [0.717, 1.165) is 11.3 Å². The van der Waals surface area contributed by atoms with Gasteiger partial charge in [-0.25, -0.2) is 5.84 Å². The number of anilines is 1. The molecule has 9 heteroatoms. The van der Waals surface area contributed by atoms with Crippen molar-refractivity contribution in [3.05, 3.63) is 34.4 Å².